The van der Waals surface area contributed by atoms with Crippen LogP contribution < -0.4 is 4.74 Å². The van der Waals surface area contributed by atoms with Gasteiger partial charge in [0, 0.05) is 9.92 Å². The topological polar surface area (TPSA) is 46.5 Å². The highest BCUT2D eigenvalue weighted by molar-refractivity contribution is 7.98. The summed E-state index contributed by atoms with van der Waals surface area (Å²) in [6.07, 6.45) is 1.93. The van der Waals surface area contributed by atoms with Gasteiger partial charge in [-0.3, -0.25) is 0 Å². The minimum Gasteiger partial charge on any atom is -0.478 e. The molecule has 0 amide bonds. The van der Waals surface area contributed by atoms with Crippen LogP contribution in [0.2, 0.25) is 5.02 Å². The number of thioether (sulfide) groups is 1. The molecule has 0 heterocycles. The van der Waals surface area contributed by atoms with E-state index < -0.39 is 5.97 Å². The number of para-hydroxylation sites is 1. The summed E-state index contributed by atoms with van der Waals surface area (Å²) >= 11 is 7.33. The second-order valence-electron chi connectivity index (χ2n) is 3.70. The molecule has 3 nitrogen and oxygen atoms in total. The quantitative estimate of drug-likeness (QED) is 0.840. The van der Waals surface area contributed by atoms with Crippen molar-refractivity contribution in [1.82, 2.24) is 0 Å². The Kier molecular flexibility index (Phi) is 4.35. The van der Waals surface area contributed by atoms with Crippen molar-refractivity contribution < 1.29 is 14.6 Å². The molecule has 0 aliphatic heterocycles. The summed E-state index contributed by atoms with van der Waals surface area (Å²) in [6, 6.07) is 12.0. The highest BCUT2D eigenvalue weighted by atomic mass is 35.5. The van der Waals surface area contributed by atoms with Gasteiger partial charge in [0.15, 0.2) is 0 Å². The fourth-order valence-electron chi connectivity index (χ4n) is 1.58. The Balaban J connectivity index is 2.41. The molecule has 98 valence electrons. The molecule has 0 aromatic heterocycles. The van der Waals surface area contributed by atoms with Crippen molar-refractivity contribution in [2.24, 2.45) is 0 Å². The average Bonchev–Trinajstić information content (AvgIpc) is 2.41. The van der Waals surface area contributed by atoms with Crippen LogP contribution in [-0.2, 0) is 0 Å². The Hall–Kier alpha value is -1.65. The fraction of sp³-hybridized carbons (Fsp3) is 0.0714. The van der Waals surface area contributed by atoms with Crippen LogP contribution in [0.3, 0.4) is 0 Å². The van der Waals surface area contributed by atoms with Gasteiger partial charge in [-0.2, -0.15) is 0 Å². The number of ether oxygens (including phenoxy) is 1. The molecule has 19 heavy (non-hydrogen) atoms. The van der Waals surface area contributed by atoms with Crippen molar-refractivity contribution in [3.63, 3.8) is 0 Å². The van der Waals surface area contributed by atoms with E-state index in [-0.39, 0.29) is 11.3 Å². The average molecular weight is 295 g/mol. The minimum atomic E-state index is -1.07. The van der Waals surface area contributed by atoms with Gasteiger partial charge in [0.2, 0.25) is 0 Å². The Morgan fingerprint density at radius 1 is 1.21 bits per heavy atom. The van der Waals surface area contributed by atoms with E-state index in [1.54, 1.807) is 18.2 Å². The highest BCUT2D eigenvalue weighted by Crippen LogP contribution is 2.33. The molecule has 0 radical (unpaired) electrons. The van der Waals surface area contributed by atoms with Gasteiger partial charge in [-0.15, -0.1) is 11.8 Å². The van der Waals surface area contributed by atoms with E-state index in [4.69, 9.17) is 21.4 Å². The lowest BCUT2D eigenvalue weighted by Crippen LogP contribution is -2.00. The van der Waals surface area contributed by atoms with Crippen LogP contribution in [0.4, 0.5) is 0 Å². The lowest BCUT2D eigenvalue weighted by molar-refractivity contribution is 0.0694. The number of carboxylic acids is 1. The van der Waals surface area contributed by atoms with E-state index >= 15 is 0 Å². The smallest absolute Gasteiger partial charge is 0.339 e. The number of carbonyl (C=O) groups is 1. The maximum atomic E-state index is 11.2. The van der Waals surface area contributed by atoms with Crippen molar-refractivity contribution in [2.75, 3.05) is 6.26 Å². The zero-order valence-corrected chi connectivity index (χ0v) is 11.7. The molecule has 0 aliphatic rings. The summed E-state index contributed by atoms with van der Waals surface area (Å²) in [7, 11) is 0. The number of halogens is 1. The molecule has 0 bridgehead atoms. The maximum absolute atomic E-state index is 11.2. The molecule has 2 rings (SSSR count). The molecule has 0 unspecified atom stereocenters. The van der Waals surface area contributed by atoms with Gasteiger partial charge in [0.1, 0.15) is 17.1 Å². The standard InChI is InChI=1S/C14H11ClO3S/c1-19-13-5-3-2-4-12(13)18-11-7-6-9(15)8-10(11)14(16)17/h2-8H,1H3,(H,16,17). The first-order valence-electron chi connectivity index (χ1n) is 5.45. The Morgan fingerprint density at radius 3 is 2.63 bits per heavy atom. The van der Waals surface area contributed by atoms with Gasteiger partial charge in [0.05, 0.1) is 0 Å². The number of hydrogen-bond acceptors (Lipinski definition) is 3. The van der Waals surface area contributed by atoms with E-state index in [1.165, 1.54) is 17.8 Å². The van der Waals surface area contributed by atoms with Crippen LogP contribution in [0.5, 0.6) is 11.5 Å². The number of hydrogen-bond donors (Lipinski definition) is 1. The second kappa shape index (κ2) is 5.99. The van der Waals surface area contributed by atoms with Crippen LogP contribution in [0.25, 0.3) is 0 Å². The molecule has 2 aromatic rings. The monoisotopic (exact) mass is 294 g/mol. The highest BCUT2D eigenvalue weighted by Gasteiger charge is 2.14. The molecule has 0 aliphatic carbocycles. The first-order valence-corrected chi connectivity index (χ1v) is 7.06. The van der Waals surface area contributed by atoms with Gasteiger partial charge in [-0.25, -0.2) is 4.79 Å². The third-order valence-electron chi connectivity index (χ3n) is 2.46. The van der Waals surface area contributed by atoms with E-state index in [0.717, 1.165) is 4.90 Å². The largest absolute Gasteiger partial charge is 0.478 e. The number of carboxylic acid groups (broad SMARTS) is 1. The van der Waals surface area contributed by atoms with Crippen molar-refractivity contribution in [1.29, 1.82) is 0 Å². The summed E-state index contributed by atoms with van der Waals surface area (Å²) < 4.78 is 5.69. The summed E-state index contributed by atoms with van der Waals surface area (Å²) in [5.74, 6) is -0.169. The summed E-state index contributed by atoms with van der Waals surface area (Å²) in [5, 5.41) is 9.51. The van der Waals surface area contributed by atoms with E-state index in [9.17, 15) is 4.79 Å². The van der Waals surface area contributed by atoms with Crippen molar-refractivity contribution in [3.8, 4) is 11.5 Å². The maximum Gasteiger partial charge on any atom is 0.339 e. The summed E-state index contributed by atoms with van der Waals surface area (Å²) in [4.78, 5) is 12.1. The van der Waals surface area contributed by atoms with Gasteiger partial charge in [-0.05, 0) is 36.6 Å². The second-order valence-corrected chi connectivity index (χ2v) is 4.98. The molecular formula is C14H11ClO3S. The summed E-state index contributed by atoms with van der Waals surface area (Å²) in [5.41, 5.74) is 0.0448. The molecule has 1 N–H and O–H groups in total. The lowest BCUT2D eigenvalue weighted by Gasteiger charge is -2.11. The number of rotatable bonds is 4. The SMILES string of the molecule is CSc1ccccc1Oc1ccc(Cl)cc1C(=O)O. The van der Waals surface area contributed by atoms with Gasteiger partial charge in [0.25, 0.3) is 0 Å². The first-order chi connectivity index (χ1) is 9.11. The van der Waals surface area contributed by atoms with Gasteiger partial charge in [-0.1, -0.05) is 23.7 Å². The van der Waals surface area contributed by atoms with E-state index in [2.05, 4.69) is 0 Å². The predicted molar refractivity (Wildman–Crippen MR) is 76.7 cm³/mol. The fourth-order valence-corrected chi connectivity index (χ4v) is 2.28. The number of aromatic carboxylic acids is 1. The normalized spacial score (nSPS) is 10.2. The van der Waals surface area contributed by atoms with Crippen molar-refractivity contribution in [2.45, 2.75) is 4.90 Å². The molecule has 0 fully saturated rings. The third-order valence-corrected chi connectivity index (χ3v) is 3.47. The van der Waals surface area contributed by atoms with Crippen LogP contribution in [-0.4, -0.2) is 17.3 Å². The Labute approximate surface area is 120 Å². The lowest BCUT2D eigenvalue weighted by atomic mass is 10.2. The molecular weight excluding hydrogens is 284 g/mol. The molecule has 5 heteroatoms. The van der Waals surface area contributed by atoms with Crippen LogP contribution in [0.1, 0.15) is 10.4 Å². The van der Waals surface area contributed by atoms with Crippen molar-refractivity contribution in [3.05, 3.63) is 53.1 Å². The zero-order chi connectivity index (χ0) is 13.8. The van der Waals surface area contributed by atoms with Crippen LogP contribution >= 0.6 is 23.4 Å². The minimum absolute atomic E-state index is 0.0448. The van der Waals surface area contributed by atoms with E-state index in [1.807, 2.05) is 24.5 Å². The predicted octanol–water partition coefficient (Wildman–Crippen LogP) is 4.55. The van der Waals surface area contributed by atoms with Crippen LogP contribution in [0.15, 0.2) is 47.4 Å². The molecule has 0 saturated heterocycles. The Morgan fingerprint density at radius 2 is 1.95 bits per heavy atom. The van der Waals surface area contributed by atoms with Gasteiger partial charge >= 0.3 is 5.97 Å². The van der Waals surface area contributed by atoms with E-state index in [0.29, 0.717) is 10.8 Å². The number of benzene rings is 2. The summed E-state index contributed by atoms with van der Waals surface area (Å²) in [6.45, 7) is 0. The first kappa shape index (κ1) is 13.8. The third kappa shape index (κ3) is 3.22. The molecule has 0 atom stereocenters. The van der Waals surface area contributed by atoms with Gasteiger partial charge < -0.3 is 9.84 Å². The zero-order valence-electron chi connectivity index (χ0n) is 10.1. The Bertz CT molecular complexity index is 613. The molecule has 0 spiro atoms. The van der Waals surface area contributed by atoms with Crippen molar-refractivity contribution >= 4 is 29.3 Å². The molecule has 2 aromatic carbocycles. The van der Waals surface area contributed by atoms with Crippen LogP contribution in [0, 0.1) is 0 Å². The molecule has 0 saturated carbocycles.